The summed E-state index contributed by atoms with van der Waals surface area (Å²) in [6.07, 6.45) is 0.0794. The first-order chi connectivity index (χ1) is 8.15. The van der Waals surface area contributed by atoms with E-state index < -0.39 is 42.0 Å². The van der Waals surface area contributed by atoms with Crippen LogP contribution in [0.15, 0.2) is 0 Å². The van der Waals surface area contributed by atoms with E-state index in [9.17, 15) is 22.0 Å². The second kappa shape index (κ2) is 5.57. The van der Waals surface area contributed by atoms with E-state index in [4.69, 9.17) is 11.1 Å². The van der Waals surface area contributed by atoms with Crippen LogP contribution in [-0.2, 0) is 6.42 Å². The molecule has 0 aliphatic carbocycles. The van der Waals surface area contributed by atoms with Gasteiger partial charge in [-0.1, -0.05) is 19.5 Å². The molecule has 0 bridgehead atoms. The molecular weight excluding hydrogens is 291 g/mol. The highest BCUT2D eigenvalue weighted by Gasteiger charge is 2.26. The van der Waals surface area contributed by atoms with Crippen LogP contribution in [0.4, 0.5) is 22.0 Å². The summed E-state index contributed by atoms with van der Waals surface area (Å²) in [5.74, 6) is -9.42. The SMILES string of the molecule is C[Si](C)(Cl)CCCc1c(F)c(F)c(F)c(F)c1F. The van der Waals surface area contributed by atoms with Gasteiger partial charge in [0.15, 0.2) is 30.7 Å². The maximum absolute atomic E-state index is 13.3. The summed E-state index contributed by atoms with van der Waals surface area (Å²) < 4.78 is 65.1. The first-order valence-electron chi connectivity index (χ1n) is 5.34. The van der Waals surface area contributed by atoms with Crippen LogP contribution < -0.4 is 0 Å². The Morgan fingerprint density at radius 3 is 1.61 bits per heavy atom. The van der Waals surface area contributed by atoms with E-state index in [0.29, 0.717) is 12.5 Å². The standard InChI is InChI=1S/C11H12ClF5Si/c1-18(2,12)5-3-4-6-7(13)9(15)11(17)10(16)8(6)14/h3-5H2,1-2H3. The molecule has 0 aliphatic heterocycles. The maximum Gasteiger partial charge on any atom is 0.200 e. The van der Waals surface area contributed by atoms with E-state index in [1.807, 2.05) is 13.1 Å². The number of halogens is 6. The van der Waals surface area contributed by atoms with Crippen molar-refractivity contribution in [2.24, 2.45) is 0 Å². The lowest BCUT2D eigenvalue weighted by Gasteiger charge is -2.13. The van der Waals surface area contributed by atoms with Gasteiger partial charge in [-0.05, 0) is 12.5 Å². The van der Waals surface area contributed by atoms with Crippen molar-refractivity contribution in [3.63, 3.8) is 0 Å². The van der Waals surface area contributed by atoms with Crippen LogP contribution in [0.2, 0.25) is 19.1 Å². The van der Waals surface area contributed by atoms with E-state index in [1.165, 1.54) is 0 Å². The molecule has 0 aliphatic rings. The van der Waals surface area contributed by atoms with Crippen LogP contribution in [0.1, 0.15) is 12.0 Å². The molecule has 0 N–H and O–H groups in total. The fraction of sp³-hybridized carbons (Fsp3) is 0.455. The first kappa shape index (κ1) is 15.4. The van der Waals surface area contributed by atoms with E-state index in [0.717, 1.165) is 0 Å². The Labute approximate surface area is 107 Å². The fourth-order valence-electron chi connectivity index (χ4n) is 1.56. The van der Waals surface area contributed by atoms with Crippen LogP contribution in [-0.4, -0.2) is 7.38 Å². The number of rotatable bonds is 4. The quantitative estimate of drug-likeness (QED) is 0.247. The summed E-state index contributed by atoms with van der Waals surface area (Å²) in [6, 6.07) is 0.536. The Kier molecular flexibility index (Phi) is 4.77. The minimum Gasteiger partial charge on any atom is -0.203 e. The Bertz CT molecular complexity index is 427. The summed E-state index contributed by atoms with van der Waals surface area (Å²) in [7, 11) is -1.92. The summed E-state index contributed by atoms with van der Waals surface area (Å²) in [6.45, 7) is 3.68. The molecule has 0 unspecified atom stereocenters. The highest BCUT2D eigenvalue weighted by atomic mass is 35.6. The monoisotopic (exact) mass is 302 g/mol. The van der Waals surface area contributed by atoms with Crippen LogP contribution in [0.5, 0.6) is 0 Å². The van der Waals surface area contributed by atoms with Crippen molar-refractivity contribution in [1.29, 1.82) is 0 Å². The van der Waals surface area contributed by atoms with Gasteiger partial charge in [0.25, 0.3) is 0 Å². The van der Waals surface area contributed by atoms with Crippen LogP contribution in [0.25, 0.3) is 0 Å². The number of benzene rings is 1. The molecule has 0 nitrogen and oxygen atoms in total. The van der Waals surface area contributed by atoms with Gasteiger partial charge in [-0.3, -0.25) is 0 Å². The van der Waals surface area contributed by atoms with Gasteiger partial charge in [-0.25, -0.2) is 22.0 Å². The molecular formula is C11H12ClF5Si. The smallest absolute Gasteiger partial charge is 0.200 e. The zero-order valence-electron chi connectivity index (χ0n) is 9.89. The molecule has 1 aromatic carbocycles. The Balaban J connectivity index is 2.96. The number of hydrogen-bond donors (Lipinski definition) is 0. The molecule has 0 spiro atoms. The molecule has 1 rings (SSSR count). The third-order valence-corrected chi connectivity index (χ3v) is 4.61. The third-order valence-electron chi connectivity index (χ3n) is 2.50. The molecule has 0 radical (unpaired) electrons. The Morgan fingerprint density at radius 1 is 0.833 bits per heavy atom. The number of hydrogen-bond acceptors (Lipinski definition) is 0. The molecule has 0 heterocycles. The van der Waals surface area contributed by atoms with Crippen LogP contribution >= 0.6 is 11.1 Å². The molecule has 7 heteroatoms. The molecule has 0 saturated heterocycles. The van der Waals surface area contributed by atoms with Gasteiger partial charge in [-0.2, -0.15) is 11.1 Å². The van der Waals surface area contributed by atoms with E-state index in [-0.39, 0.29) is 6.42 Å². The van der Waals surface area contributed by atoms with Crippen molar-refractivity contribution in [1.82, 2.24) is 0 Å². The third kappa shape index (κ3) is 3.44. The summed E-state index contributed by atoms with van der Waals surface area (Å²) in [4.78, 5) is 0. The lowest BCUT2D eigenvalue weighted by molar-refractivity contribution is 0.369. The van der Waals surface area contributed by atoms with Gasteiger partial charge in [0.2, 0.25) is 5.82 Å². The van der Waals surface area contributed by atoms with Gasteiger partial charge < -0.3 is 0 Å². The predicted octanol–water partition coefficient (Wildman–Crippen LogP) is 4.76. The fourth-order valence-corrected chi connectivity index (χ4v) is 2.97. The minimum atomic E-state index is -2.12. The highest BCUT2D eigenvalue weighted by Crippen LogP contribution is 2.26. The normalized spacial score (nSPS) is 12.0. The van der Waals surface area contributed by atoms with Gasteiger partial charge in [0.1, 0.15) is 0 Å². The minimum absolute atomic E-state index is 0.213. The Hall–Kier alpha value is -0.623. The largest absolute Gasteiger partial charge is 0.203 e. The summed E-state index contributed by atoms with van der Waals surface area (Å²) in [5.41, 5.74) is -0.763. The van der Waals surface area contributed by atoms with Gasteiger partial charge >= 0.3 is 0 Å². The molecule has 0 fully saturated rings. The van der Waals surface area contributed by atoms with Crippen molar-refractivity contribution in [2.75, 3.05) is 0 Å². The Morgan fingerprint density at radius 2 is 1.22 bits per heavy atom. The molecule has 0 aromatic heterocycles. The van der Waals surface area contributed by atoms with Crippen molar-refractivity contribution in [3.05, 3.63) is 34.6 Å². The molecule has 0 amide bonds. The molecule has 0 atom stereocenters. The zero-order chi connectivity index (χ0) is 14.1. The van der Waals surface area contributed by atoms with Crippen molar-refractivity contribution in [3.8, 4) is 0 Å². The summed E-state index contributed by atoms with van der Waals surface area (Å²) in [5, 5.41) is 0. The first-order valence-corrected chi connectivity index (χ1v) is 9.56. The van der Waals surface area contributed by atoms with E-state index in [2.05, 4.69) is 0 Å². The van der Waals surface area contributed by atoms with Crippen molar-refractivity contribution >= 4 is 18.5 Å². The van der Waals surface area contributed by atoms with Crippen molar-refractivity contribution < 1.29 is 22.0 Å². The lowest BCUT2D eigenvalue weighted by atomic mass is 10.1. The summed E-state index contributed by atoms with van der Waals surface area (Å²) >= 11 is 6.01. The maximum atomic E-state index is 13.3. The lowest BCUT2D eigenvalue weighted by Crippen LogP contribution is -2.16. The average Bonchev–Trinajstić information content (AvgIpc) is 2.27. The van der Waals surface area contributed by atoms with Crippen LogP contribution in [0.3, 0.4) is 0 Å². The van der Waals surface area contributed by atoms with E-state index in [1.54, 1.807) is 0 Å². The topological polar surface area (TPSA) is 0 Å². The second-order valence-corrected chi connectivity index (χ2v) is 11.6. The molecule has 18 heavy (non-hydrogen) atoms. The molecule has 1 aromatic rings. The van der Waals surface area contributed by atoms with Gasteiger partial charge in [-0.15, -0.1) is 0 Å². The highest BCUT2D eigenvalue weighted by molar-refractivity contribution is 7.19. The zero-order valence-corrected chi connectivity index (χ0v) is 11.6. The average molecular weight is 303 g/mol. The van der Waals surface area contributed by atoms with Crippen molar-refractivity contribution in [2.45, 2.75) is 32.0 Å². The molecule has 0 saturated carbocycles. The predicted molar refractivity (Wildman–Crippen MR) is 62.7 cm³/mol. The van der Waals surface area contributed by atoms with Gasteiger partial charge in [0.05, 0.1) is 0 Å². The van der Waals surface area contributed by atoms with Crippen LogP contribution in [0, 0.1) is 29.1 Å². The van der Waals surface area contributed by atoms with Gasteiger partial charge in [0, 0.05) is 5.56 Å². The van der Waals surface area contributed by atoms with E-state index >= 15 is 0 Å². The second-order valence-electron chi connectivity index (χ2n) is 4.62. The molecule has 102 valence electrons.